The van der Waals surface area contributed by atoms with Gasteiger partial charge in [-0.1, -0.05) is 37.1 Å². The molecule has 1 aliphatic carbocycles. The smallest absolute Gasteiger partial charge is 0.326 e. The Hall–Kier alpha value is -2.89. The van der Waals surface area contributed by atoms with E-state index in [9.17, 15) is 14.7 Å². The standard InChI is InChI=1S/C23H27N3O3/c27-22(26-20-11-5-4-8-18(20)13-21(26)23(28)29)16-25(19-9-2-1-3-10-19)15-17-7-6-12-24-14-17/h1-3,6-7,9-10,12,14,18,20-21H,4-5,8,11,13,15-16H2,(H,28,29). The molecule has 1 aromatic carbocycles. The quantitative estimate of drug-likeness (QED) is 0.815. The first-order valence-electron chi connectivity index (χ1n) is 10.4. The van der Waals surface area contributed by atoms with E-state index in [1.165, 1.54) is 0 Å². The molecule has 2 aromatic rings. The topological polar surface area (TPSA) is 73.7 Å². The van der Waals surface area contributed by atoms with Gasteiger partial charge >= 0.3 is 5.97 Å². The van der Waals surface area contributed by atoms with Gasteiger partial charge in [-0.2, -0.15) is 0 Å². The molecule has 1 aromatic heterocycles. The summed E-state index contributed by atoms with van der Waals surface area (Å²) in [6, 6.07) is 13.0. The van der Waals surface area contributed by atoms with Gasteiger partial charge in [-0.15, -0.1) is 0 Å². The summed E-state index contributed by atoms with van der Waals surface area (Å²) in [5.41, 5.74) is 1.95. The van der Waals surface area contributed by atoms with Crippen molar-refractivity contribution < 1.29 is 14.7 Å². The number of anilines is 1. The van der Waals surface area contributed by atoms with Gasteiger partial charge in [-0.3, -0.25) is 9.78 Å². The Morgan fingerprint density at radius 1 is 1.10 bits per heavy atom. The molecule has 6 nitrogen and oxygen atoms in total. The van der Waals surface area contributed by atoms with Crippen LogP contribution in [0.5, 0.6) is 0 Å². The molecule has 29 heavy (non-hydrogen) atoms. The number of rotatable bonds is 6. The van der Waals surface area contributed by atoms with Gasteiger partial charge in [0.25, 0.3) is 0 Å². The van der Waals surface area contributed by atoms with Crippen molar-refractivity contribution in [1.29, 1.82) is 0 Å². The predicted octanol–water partition coefficient (Wildman–Crippen LogP) is 3.33. The number of nitrogens with zero attached hydrogens (tertiary/aromatic N) is 3. The molecule has 2 heterocycles. The van der Waals surface area contributed by atoms with E-state index < -0.39 is 12.0 Å². The summed E-state index contributed by atoms with van der Waals surface area (Å²) in [4.78, 5) is 33.2. The second-order valence-corrected chi connectivity index (χ2v) is 8.06. The summed E-state index contributed by atoms with van der Waals surface area (Å²) in [6.45, 7) is 0.704. The van der Waals surface area contributed by atoms with Crippen LogP contribution in [0, 0.1) is 5.92 Å². The lowest BCUT2D eigenvalue weighted by Gasteiger charge is -2.35. The Bertz CT molecular complexity index is 843. The zero-order valence-electron chi connectivity index (χ0n) is 16.5. The molecular formula is C23H27N3O3. The average Bonchev–Trinajstić information content (AvgIpc) is 3.15. The highest BCUT2D eigenvalue weighted by Gasteiger charge is 2.47. The number of carbonyl (C=O) groups is 2. The van der Waals surface area contributed by atoms with Crippen molar-refractivity contribution in [2.45, 2.75) is 50.7 Å². The maximum atomic E-state index is 13.4. The Morgan fingerprint density at radius 3 is 2.62 bits per heavy atom. The lowest BCUT2D eigenvalue weighted by Crippen LogP contribution is -2.50. The van der Waals surface area contributed by atoms with Gasteiger partial charge in [-0.05, 0) is 48.9 Å². The second-order valence-electron chi connectivity index (χ2n) is 8.06. The van der Waals surface area contributed by atoms with Crippen LogP contribution in [-0.4, -0.2) is 45.5 Å². The van der Waals surface area contributed by atoms with Crippen molar-refractivity contribution in [3.05, 3.63) is 60.4 Å². The van der Waals surface area contributed by atoms with E-state index in [1.54, 1.807) is 17.3 Å². The maximum absolute atomic E-state index is 13.4. The van der Waals surface area contributed by atoms with Crippen molar-refractivity contribution in [3.8, 4) is 0 Å². The number of para-hydroxylation sites is 1. The minimum absolute atomic E-state index is 0.0633. The number of amides is 1. The van der Waals surface area contributed by atoms with Crippen molar-refractivity contribution in [2.24, 2.45) is 5.92 Å². The Labute approximate surface area is 171 Å². The molecule has 0 spiro atoms. The van der Waals surface area contributed by atoms with Gasteiger partial charge < -0.3 is 14.9 Å². The number of hydrogen-bond acceptors (Lipinski definition) is 4. The number of fused-ring (bicyclic) bond motifs is 1. The molecule has 0 radical (unpaired) electrons. The molecule has 1 saturated heterocycles. The van der Waals surface area contributed by atoms with Crippen LogP contribution in [0.1, 0.15) is 37.7 Å². The van der Waals surface area contributed by atoms with E-state index in [-0.39, 0.29) is 18.5 Å². The van der Waals surface area contributed by atoms with Gasteiger partial charge in [0, 0.05) is 30.7 Å². The highest BCUT2D eigenvalue weighted by atomic mass is 16.4. The van der Waals surface area contributed by atoms with Crippen LogP contribution in [-0.2, 0) is 16.1 Å². The Kier molecular flexibility index (Phi) is 5.79. The van der Waals surface area contributed by atoms with Crippen molar-refractivity contribution >= 4 is 17.6 Å². The van der Waals surface area contributed by atoms with Crippen molar-refractivity contribution in [2.75, 3.05) is 11.4 Å². The maximum Gasteiger partial charge on any atom is 0.326 e. The monoisotopic (exact) mass is 393 g/mol. The molecule has 1 aliphatic heterocycles. The SMILES string of the molecule is O=C(O)C1CC2CCCCC2N1C(=O)CN(Cc1cccnc1)c1ccccc1. The summed E-state index contributed by atoms with van der Waals surface area (Å²) >= 11 is 0. The summed E-state index contributed by atoms with van der Waals surface area (Å²) in [7, 11) is 0. The van der Waals surface area contributed by atoms with E-state index in [0.717, 1.165) is 36.9 Å². The molecule has 3 unspecified atom stereocenters. The van der Waals surface area contributed by atoms with Crippen LogP contribution in [0.25, 0.3) is 0 Å². The second kappa shape index (κ2) is 8.64. The lowest BCUT2D eigenvalue weighted by atomic mass is 9.85. The normalized spacial score (nSPS) is 23.4. The van der Waals surface area contributed by atoms with Crippen LogP contribution < -0.4 is 4.90 Å². The molecule has 4 rings (SSSR count). The molecule has 2 fully saturated rings. The largest absolute Gasteiger partial charge is 0.480 e. The summed E-state index contributed by atoms with van der Waals surface area (Å²) in [5, 5.41) is 9.75. The number of carbonyl (C=O) groups excluding carboxylic acids is 1. The molecule has 152 valence electrons. The highest BCUT2D eigenvalue weighted by molar-refractivity contribution is 5.87. The summed E-state index contributed by atoms with van der Waals surface area (Å²) in [6.07, 6.45) is 8.24. The van der Waals surface area contributed by atoms with Gasteiger partial charge in [0.1, 0.15) is 6.04 Å². The fraction of sp³-hybridized carbons (Fsp3) is 0.435. The van der Waals surface area contributed by atoms with Crippen LogP contribution >= 0.6 is 0 Å². The van der Waals surface area contributed by atoms with Gasteiger partial charge in [0.05, 0.1) is 6.54 Å². The van der Waals surface area contributed by atoms with Gasteiger partial charge in [0.15, 0.2) is 0 Å². The molecule has 2 aliphatic rings. The lowest BCUT2D eigenvalue weighted by molar-refractivity contribution is -0.149. The van der Waals surface area contributed by atoms with Crippen molar-refractivity contribution in [3.63, 3.8) is 0 Å². The minimum atomic E-state index is -0.883. The minimum Gasteiger partial charge on any atom is -0.480 e. The van der Waals surface area contributed by atoms with Crippen LogP contribution in [0.2, 0.25) is 0 Å². The van der Waals surface area contributed by atoms with Crippen LogP contribution in [0.3, 0.4) is 0 Å². The van der Waals surface area contributed by atoms with Crippen molar-refractivity contribution in [1.82, 2.24) is 9.88 Å². The first-order valence-corrected chi connectivity index (χ1v) is 10.4. The number of pyridine rings is 1. The third-order valence-corrected chi connectivity index (χ3v) is 6.20. The number of benzene rings is 1. The predicted molar refractivity (Wildman–Crippen MR) is 110 cm³/mol. The molecular weight excluding hydrogens is 366 g/mol. The number of carboxylic acids is 1. The van der Waals surface area contributed by atoms with Crippen LogP contribution in [0.4, 0.5) is 5.69 Å². The average molecular weight is 393 g/mol. The molecule has 1 N–H and O–H groups in total. The van der Waals surface area contributed by atoms with Gasteiger partial charge in [-0.25, -0.2) is 4.79 Å². The molecule has 6 heteroatoms. The van der Waals surface area contributed by atoms with Gasteiger partial charge in [0.2, 0.25) is 5.91 Å². The Morgan fingerprint density at radius 2 is 1.90 bits per heavy atom. The van der Waals surface area contributed by atoms with E-state index in [1.807, 2.05) is 47.4 Å². The van der Waals surface area contributed by atoms with E-state index >= 15 is 0 Å². The number of carboxylic acid groups (broad SMARTS) is 1. The number of aliphatic carboxylic acids is 1. The summed E-state index contributed by atoms with van der Waals surface area (Å²) < 4.78 is 0. The van der Waals surface area contributed by atoms with E-state index in [0.29, 0.717) is 18.9 Å². The molecule has 3 atom stereocenters. The fourth-order valence-electron chi connectivity index (χ4n) is 4.87. The van der Waals surface area contributed by atoms with E-state index in [2.05, 4.69) is 4.98 Å². The zero-order chi connectivity index (χ0) is 20.2. The molecule has 0 bridgehead atoms. The van der Waals surface area contributed by atoms with E-state index in [4.69, 9.17) is 0 Å². The number of likely N-dealkylation sites (tertiary alicyclic amines) is 1. The van der Waals surface area contributed by atoms with Crippen LogP contribution in [0.15, 0.2) is 54.9 Å². The highest BCUT2D eigenvalue weighted by Crippen LogP contribution is 2.40. The first-order chi connectivity index (χ1) is 14.1. The number of hydrogen-bond donors (Lipinski definition) is 1. The molecule has 1 amide bonds. The molecule has 1 saturated carbocycles. The summed E-state index contributed by atoms with van der Waals surface area (Å²) in [5.74, 6) is -0.664. The fourth-order valence-corrected chi connectivity index (χ4v) is 4.87. The Balaban J connectivity index is 1.57. The third kappa shape index (κ3) is 4.26. The third-order valence-electron chi connectivity index (χ3n) is 6.20. The number of aromatic nitrogens is 1. The zero-order valence-corrected chi connectivity index (χ0v) is 16.5. The first kappa shape index (κ1) is 19.4.